The standard InChI is InChI=1S/C12H16BrN3O3/c1-8(2)15-12(17)7-14-6-9-3-4-10(13)11(5-9)16(18)19/h3-5,8,14H,6-7H2,1-2H3,(H,15,17). The van der Waals surface area contributed by atoms with E-state index in [9.17, 15) is 14.9 Å². The lowest BCUT2D eigenvalue weighted by molar-refractivity contribution is -0.385. The smallest absolute Gasteiger partial charge is 0.283 e. The molecule has 1 aromatic carbocycles. The maximum absolute atomic E-state index is 11.4. The van der Waals surface area contributed by atoms with Gasteiger partial charge >= 0.3 is 0 Å². The quantitative estimate of drug-likeness (QED) is 0.617. The number of carbonyl (C=O) groups is 1. The van der Waals surface area contributed by atoms with Crippen molar-refractivity contribution in [1.82, 2.24) is 10.6 Å². The Hall–Kier alpha value is -1.47. The van der Waals surface area contributed by atoms with Gasteiger partial charge in [0.2, 0.25) is 5.91 Å². The number of nitrogens with one attached hydrogen (secondary N) is 2. The summed E-state index contributed by atoms with van der Waals surface area (Å²) in [6.45, 7) is 4.35. The summed E-state index contributed by atoms with van der Waals surface area (Å²) in [6, 6.07) is 4.98. The Bertz CT molecular complexity index is 477. The molecule has 0 spiro atoms. The molecule has 0 aliphatic carbocycles. The number of amides is 1. The SMILES string of the molecule is CC(C)NC(=O)CNCc1ccc(Br)c([N+](=O)[O-])c1. The van der Waals surface area contributed by atoms with Crippen LogP contribution in [0.15, 0.2) is 22.7 Å². The fourth-order valence-corrected chi connectivity index (χ4v) is 1.89. The summed E-state index contributed by atoms with van der Waals surface area (Å²) >= 11 is 3.12. The molecule has 6 nitrogen and oxygen atoms in total. The first kappa shape index (κ1) is 15.6. The Labute approximate surface area is 119 Å². The number of nitro benzene ring substituents is 1. The summed E-state index contributed by atoms with van der Waals surface area (Å²) in [6.07, 6.45) is 0. The average molecular weight is 330 g/mol. The van der Waals surface area contributed by atoms with Crippen molar-refractivity contribution < 1.29 is 9.72 Å². The number of hydrogen-bond donors (Lipinski definition) is 2. The van der Waals surface area contributed by atoms with Crippen molar-refractivity contribution in [2.45, 2.75) is 26.4 Å². The second-order valence-electron chi connectivity index (χ2n) is 4.37. The van der Waals surface area contributed by atoms with Gasteiger partial charge in [0.1, 0.15) is 0 Å². The Morgan fingerprint density at radius 3 is 2.74 bits per heavy atom. The molecule has 0 saturated carbocycles. The first-order chi connectivity index (χ1) is 8.90. The molecule has 2 N–H and O–H groups in total. The van der Waals surface area contributed by atoms with Crippen molar-refractivity contribution in [3.05, 3.63) is 38.3 Å². The predicted molar refractivity (Wildman–Crippen MR) is 75.8 cm³/mol. The molecule has 0 aliphatic heterocycles. The van der Waals surface area contributed by atoms with E-state index in [1.54, 1.807) is 12.1 Å². The second-order valence-corrected chi connectivity index (χ2v) is 5.22. The summed E-state index contributed by atoms with van der Waals surface area (Å²) in [4.78, 5) is 21.7. The monoisotopic (exact) mass is 329 g/mol. The lowest BCUT2D eigenvalue weighted by atomic mass is 10.2. The van der Waals surface area contributed by atoms with E-state index in [2.05, 4.69) is 26.6 Å². The van der Waals surface area contributed by atoms with Gasteiger partial charge in [0.25, 0.3) is 5.69 Å². The molecule has 1 amide bonds. The van der Waals surface area contributed by atoms with Crippen LogP contribution in [0.4, 0.5) is 5.69 Å². The second kappa shape index (κ2) is 7.20. The van der Waals surface area contributed by atoms with Crippen LogP contribution in [0.1, 0.15) is 19.4 Å². The number of halogens is 1. The number of nitrogens with zero attached hydrogens (tertiary/aromatic N) is 1. The summed E-state index contributed by atoms with van der Waals surface area (Å²) in [5, 5.41) is 16.5. The van der Waals surface area contributed by atoms with Crippen LogP contribution in [-0.2, 0) is 11.3 Å². The highest BCUT2D eigenvalue weighted by molar-refractivity contribution is 9.10. The third-order valence-corrected chi connectivity index (χ3v) is 2.94. The van der Waals surface area contributed by atoms with Gasteiger partial charge < -0.3 is 10.6 Å². The molecule has 0 unspecified atom stereocenters. The van der Waals surface area contributed by atoms with Gasteiger partial charge in [0, 0.05) is 18.7 Å². The van der Waals surface area contributed by atoms with Crippen molar-refractivity contribution in [1.29, 1.82) is 0 Å². The highest BCUT2D eigenvalue weighted by Crippen LogP contribution is 2.25. The van der Waals surface area contributed by atoms with Gasteiger partial charge in [0.05, 0.1) is 15.9 Å². The minimum absolute atomic E-state index is 0.0194. The first-order valence-electron chi connectivity index (χ1n) is 5.83. The molecule has 0 radical (unpaired) electrons. The molecule has 1 rings (SSSR count). The molecule has 0 heterocycles. The maximum Gasteiger partial charge on any atom is 0.283 e. The number of nitro groups is 1. The number of rotatable bonds is 6. The molecule has 19 heavy (non-hydrogen) atoms. The summed E-state index contributed by atoms with van der Waals surface area (Å²) in [5.74, 6) is -0.0957. The van der Waals surface area contributed by atoms with E-state index in [4.69, 9.17) is 0 Å². The predicted octanol–water partition coefficient (Wildman–Crippen LogP) is 1.97. The minimum atomic E-state index is -0.445. The van der Waals surface area contributed by atoms with E-state index < -0.39 is 4.92 Å². The normalized spacial score (nSPS) is 10.5. The van der Waals surface area contributed by atoms with Crippen molar-refractivity contribution in [2.75, 3.05) is 6.54 Å². The van der Waals surface area contributed by atoms with Crippen LogP contribution in [0.25, 0.3) is 0 Å². The molecule has 0 aliphatic rings. The van der Waals surface area contributed by atoms with Crippen LogP contribution in [0.5, 0.6) is 0 Å². The molecule has 7 heteroatoms. The maximum atomic E-state index is 11.4. The minimum Gasteiger partial charge on any atom is -0.353 e. The fourth-order valence-electron chi connectivity index (χ4n) is 1.50. The number of benzene rings is 1. The third kappa shape index (κ3) is 5.35. The van der Waals surface area contributed by atoms with E-state index in [1.165, 1.54) is 6.07 Å². The van der Waals surface area contributed by atoms with Crippen LogP contribution in [-0.4, -0.2) is 23.4 Å². The van der Waals surface area contributed by atoms with Crippen molar-refractivity contribution in [3.63, 3.8) is 0 Å². The van der Waals surface area contributed by atoms with Gasteiger partial charge in [0.15, 0.2) is 0 Å². The fraction of sp³-hybridized carbons (Fsp3) is 0.417. The zero-order chi connectivity index (χ0) is 14.4. The number of carbonyl (C=O) groups excluding carboxylic acids is 1. The van der Waals surface area contributed by atoms with Crippen LogP contribution in [0.3, 0.4) is 0 Å². The molecule has 104 valence electrons. The highest BCUT2D eigenvalue weighted by Gasteiger charge is 2.12. The molecule has 0 saturated heterocycles. The molecular formula is C12H16BrN3O3. The van der Waals surface area contributed by atoms with Gasteiger partial charge in [-0.15, -0.1) is 0 Å². The van der Waals surface area contributed by atoms with Gasteiger partial charge in [-0.1, -0.05) is 6.07 Å². The van der Waals surface area contributed by atoms with E-state index in [1.807, 2.05) is 13.8 Å². The third-order valence-electron chi connectivity index (χ3n) is 2.27. The zero-order valence-electron chi connectivity index (χ0n) is 10.8. The summed E-state index contributed by atoms with van der Waals surface area (Å²) in [5.41, 5.74) is 0.776. The summed E-state index contributed by atoms with van der Waals surface area (Å²) < 4.78 is 0.443. The lowest BCUT2D eigenvalue weighted by Gasteiger charge is -2.09. The van der Waals surface area contributed by atoms with Gasteiger partial charge in [-0.25, -0.2) is 0 Å². The van der Waals surface area contributed by atoms with Crippen LogP contribution in [0.2, 0.25) is 0 Å². The van der Waals surface area contributed by atoms with E-state index in [-0.39, 0.29) is 24.2 Å². The highest BCUT2D eigenvalue weighted by atomic mass is 79.9. The first-order valence-corrected chi connectivity index (χ1v) is 6.62. The average Bonchev–Trinajstić information content (AvgIpc) is 2.30. The Balaban J connectivity index is 2.52. The molecule has 0 aromatic heterocycles. The molecule has 0 bridgehead atoms. The van der Waals surface area contributed by atoms with E-state index in [0.717, 1.165) is 5.56 Å². The van der Waals surface area contributed by atoms with Crippen LogP contribution < -0.4 is 10.6 Å². The molecule has 0 atom stereocenters. The van der Waals surface area contributed by atoms with Crippen LogP contribution >= 0.6 is 15.9 Å². The summed E-state index contributed by atoms with van der Waals surface area (Å²) in [7, 11) is 0. The Morgan fingerprint density at radius 1 is 1.47 bits per heavy atom. The van der Waals surface area contributed by atoms with Crippen molar-refractivity contribution in [3.8, 4) is 0 Å². The Morgan fingerprint density at radius 2 is 2.16 bits per heavy atom. The van der Waals surface area contributed by atoms with Gasteiger partial charge in [-0.3, -0.25) is 14.9 Å². The topological polar surface area (TPSA) is 84.3 Å². The Kier molecular flexibility index (Phi) is 5.91. The van der Waals surface area contributed by atoms with E-state index in [0.29, 0.717) is 11.0 Å². The molecule has 1 aromatic rings. The zero-order valence-corrected chi connectivity index (χ0v) is 12.4. The van der Waals surface area contributed by atoms with Gasteiger partial charge in [-0.2, -0.15) is 0 Å². The largest absolute Gasteiger partial charge is 0.353 e. The van der Waals surface area contributed by atoms with Crippen molar-refractivity contribution >= 4 is 27.5 Å². The number of hydrogen-bond acceptors (Lipinski definition) is 4. The van der Waals surface area contributed by atoms with Gasteiger partial charge in [-0.05, 0) is 41.4 Å². The van der Waals surface area contributed by atoms with Crippen molar-refractivity contribution in [2.24, 2.45) is 0 Å². The lowest BCUT2D eigenvalue weighted by Crippen LogP contribution is -2.37. The van der Waals surface area contributed by atoms with E-state index >= 15 is 0 Å². The molecular weight excluding hydrogens is 314 g/mol. The van der Waals surface area contributed by atoms with Crippen LogP contribution in [0, 0.1) is 10.1 Å². The molecule has 0 fully saturated rings.